The van der Waals surface area contributed by atoms with Crippen LogP contribution < -0.4 is 27.4 Å². The molecule has 4 amide bonds. The van der Waals surface area contributed by atoms with Crippen molar-refractivity contribution in [3.05, 3.63) is 0 Å². The van der Waals surface area contributed by atoms with E-state index in [0.29, 0.717) is 0 Å². The van der Waals surface area contributed by atoms with E-state index < -0.39 is 66.1 Å². The fourth-order valence-electron chi connectivity index (χ4n) is 1.95. The lowest BCUT2D eigenvalue weighted by atomic mass is 10.0. The lowest BCUT2D eigenvalue weighted by Gasteiger charge is -2.24. The molecule has 0 aromatic heterocycles. The Morgan fingerprint density at radius 3 is 1.78 bits per heavy atom. The molecule has 0 radical (unpaired) electrons. The topological polar surface area (TPSA) is 194 Å². The van der Waals surface area contributed by atoms with Crippen LogP contribution in [-0.4, -0.2) is 64.6 Å². The summed E-state index contributed by atoms with van der Waals surface area (Å²) < 4.78 is 0. The maximum Gasteiger partial charge on any atom is 0.326 e. The first-order valence-corrected chi connectivity index (χ1v) is 8.82. The normalized spacial score (nSPS) is 15.2. The van der Waals surface area contributed by atoms with E-state index in [0.717, 1.165) is 0 Å². The van der Waals surface area contributed by atoms with Crippen molar-refractivity contribution in [3.8, 4) is 0 Å². The minimum atomic E-state index is -1.41. The Bertz CT molecular complexity index is 583. The first kappa shape index (κ1) is 24.7. The molecule has 27 heavy (non-hydrogen) atoms. The van der Waals surface area contributed by atoms with Crippen LogP contribution in [0.15, 0.2) is 0 Å². The Morgan fingerprint density at radius 2 is 1.41 bits per heavy atom. The maximum absolute atomic E-state index is 12.4. The van der Waals surface area contributed by atoms with E-state index >= 15 is 0 Å². The zero-order valence-corrected chi connectivity index (χ0v) is 16.3. The minimum absolute atomic E-state index is 0.0983. The highest BCUT2D eigenvalue weighted by Gasteiger charge is 2.31. The molecule has 154 valence electrons. The SMILES string of the molecule is CC(N)C(=O)NC(CS)C(=O)NC(CC(N)=O)C(=O)NC(C(=O)O)C(C)C. The average Bonchev–Trinajstić information content (AvgIpc) is 2.54. The van der Waals surface area contributed by atoms with Crippen molar-refractivity contribution < 1.29 is 29.1 Å². The summed E-state index contributed by atoms with van der Waals surface area (Å²) >= 11 is 3.97. The molecule has 12 heteroatoms. The van der Waals surface area contributed by atoms with Gasteiger partial charge in [0.2, 0.25) is 23.6 Å². The molecular formula is C15H27N5O6S. The van der Waals surface area contributed by atoms with Crippen LogP contribution in [0.25, 0.3) is 0 Å². The molecule has 0 aliphatic carbocycles. The maximum atomic E-state index is 12.4. The second-order valence-electron chi connectivity index (χ2n) is 6.33. The number of carbonyl (C=O) groups is 5. The fourth-order valence-corrected chi connectivity index (χ4v) is 2.20. The summed E-state index contributed by atoms with van der Waals surface area (Å²) in [5, 5.41) is 16.0. The van der Waals surface area contributed by atoms with Gasteiger partial charge in [-0.15, -0.1) is 0 Å². The molecule has 11 nitrogen and oxygen atoms in total. The van der Waals surface area contributed by atoms with Crippen LogP contribution in [0.1, 0.15) is 27.2 Å². The minimum Gasteiger partial charge on any atom is -0.480 e. The van der Waals surface area contributed by atoms with Crippen LogP contribution in [0.3, 0.4) is 0 Å². The van der Waals surface area contributed by atoms with Crippen LogP contribution in [-0.2, 0) is 24.0 Å². The van der Waals surface area contributed by atoms with Gasteiger partial charge in [0, 0.05) is 5.75 Å². The number of amides is 4. The summed E-state index contributed by atoms with van der Waals surface area (Å²) in [4.78, 5) is 58.8. The summed E-state index contributed by atoms with van der Waals surface area (Å²) in [6.07, 6.45) is -0.553. The van der Waals surface area contributed by atoms with Crippen LogP contribution in [0.2, 0.25) is 0 Å². The molecule has 0 aliphatic rings. The number of aliphatic carboxylic acids is 1. The molecule has 0 heterocycles. The predicted molar refractivity (Wildman–Crippen MR) is 99.6 cm³/mol. The third-order valence-corrected chi connectivity index (χ3v) is 3.86. The summed E-state index contributed by atoms with van der Waals surface area (Å²) in [7, 11) is 0. The molecular weight excluding hydrogens is 378 g/mol. The van der Waals surface area contributed by atoms with E-state index in [1.807, 2.05) is 0 Å². The number of nitrogens with two attached hydrogens (primary N) is 2. The molecule has 0 aromatic carbocycles. The van der Waals surface area contributed by atoms with Gasteiger partial charge in [-0.3, -0.25) is 19.2 Å². The first-order valence-electron chi connectivity index (χ1n) is 8.19. The summed E-state index contributed by atoms with van der Waals surface area (Å²) in [5.41, 5.74) is 10.5. The van der Waals surface area contributed by atoms with Gasteiger partial charge in [-0.1, -0.05) is 13.8 Å². The first-order chi connectivity index (χ1) is 12.4. The number of rotatable bonds is 11. The van der Waals surface area contributed by atoms with Crippen molar-refractivity contribution in [1.82, 2.24) is 16.0 Å². The van der Waals surface area contributed by atoms with E-state index in [1.165, 1.54) is 6.92 Å². The van der Waals surface area contributed by atoms with Crippen molar-refractivity contribution in [3.63, 3.8) is 0 Å². The van der Waals surface area contributed by atoms with Gasteiger partial charge in [0.25, 0.3) is 0 Å². The van der Waals surface area contributed by atoms with Gasteiger partial charge < -0.3 is 32.5 Å². The van der Waals surface area contributed by atoms with Gasteiger partial charge in [0.1, 0.15) is 18.1 Å². The van der Waals surface area contributed by atoms with Crippen molar-refractivity contribution in [2.75, 3.05) is 5.75 Å². The number of hydrogen-bond donors (Lipinski definition) is 7. The molecule has 8 N–H and O–H groups in total. The monoisotopic (exact) mass is 405 g/mol. The second kappa shape index (κ2) is 11.4. The standard InChI is InChI=1S/C15H27N5O6S/c1-6(2)11(15(25)26)20-13(23)8(4-10(17)21)18-14(24)9(5-27)19-12(22)7(3)16/h6-9,11,27H,4-5,16H2,1-3H3,(H2,17,21)(H,18,24)(H,19,22)(H,20,23)(H,25,26). The second-order valence-corrected chi connectivity index (χ2v) is 6.70. The van der Waals surface area contributed by atoms with Crippen LogP contribution >= 0.6 is 12.6 Å². The third-order valence-electron chi connectivity index (χ3n) is 3.50. The number of primary amides is 1. The lowest BCUT2D eigenvalue weighted by molar-refractivity contribution is -0.143. The van der Waals surface area contributed by atoms with Gasteiger partial charge in [0.05, 0.1) is 12.5 Å². The Balaban J connectivity index is 5.25. The van der Waals surface area contributed by atoms with E-state index in [-0.39, 0.29) is 5.75 Å². The Morgan fingerprint density at radius 1 is 0.926 bits per heavy atom. The molecule has 0 fully saturated rings. The highest BCUT2D eigenvalue weighted by molar-refractivity contribution is 7.80. The zero-order valence-electron chi connectivity index (χ0n) is 15.4. The number of carbonyl (C=O) groups excluding carboxylic acids is 4. The van der Waals surface area contributed by atoms with Gasteiger partial charge in [0.15, 0.2) is 0 Å². The van der Waals surface area contributed by atoms with Gasteiger partial charge in [-0.25, -0.2) is 4.79 Å². The van der Waals surface area contributed by atoms with Gasteiger partial charge >= 0.3 is 5.97 Å². The summed E-state index contributed by atoms with van der Waals surface area (Å²) in [5.74, 6) is -4.97. The molecule has 0 spiro atoms. The van der Waals surface area contributed by atoms with E-state index in [2.05, 4.69) is 28.6 Å². The Kier molecular flexibility index (Phi) is 10.4. The summed E-state index contributed by atoms with van der Waals surface area (Å²) in [6.45, 7) is 4.59. The van der Waals surface area contributed by atoms with Crippen molar-refractivity contribution in [1.29, 1.82) is 0 Å². The van der Waals surface area contributed by atoms with Gasteiger partial charge in [-0.2, -0.15) is 12.6 Å². The molecule has 4 atom stereocenters. The summed E-state index contributed by atoms with van der Waals surface area (Å²) in [6, 6.07) is -4.61. The Labute approximate surface area is 162 Å². The van der Waals surface area contributed by atoms with Gasteiger partial charge in [-0.05, 0) is 12.8 Å². The molecule has 0 rings (SSSR count). The molecule has 0 aliphatic heterocycles. The van der Waals surface area contributed by atoms with E-state index in [9.17, 15) is 24.0 Å². The molecule has 0 bridgehead atoms. The van der Waals surface area contributed by atoms with Crippen LogP contribution in [0.4, 0.5) is 0 Å². The third kappa shape index (κ3) is 8.73. The highest BCUT2D eigenvalue weighted by atomic mass is 32.1. The number of nitrogens with one attached hydrogen (secondary N) is 3. The number of carboxylic acid groups (broad SMARTS) is 1. The molecule has 4 unspecified atom stereocenters. The molecule has 0 saturated heterocycles. The van der Waals surface area contributed by atoms with Crippen molar-refractivity contribution in [2.24, 2.45) is 17.4 Å². The Hall–Kier alpha value is -2.34. The largest absolute Gasteiger partial charge is 0.480 e. The number of carboxylic acids is 1. The molecule has 0 saturated carbocycles. The molecule has 0 aromatic rings. The number of thiol groups is 1. The lowest BCUT2D eigenvalue weighted by Crippen LogP contribution is -2.58. The zero-order chi connectivity index (χ0) is 21.3. The fraction of sp³-hybridized carbons (Fsp3) is 0.667. The quantitative estimate of drug-likeness (QED) is 0.182. The number of hydrogen-bond acceptors (Lipinski definition) is 7. The van der Waals surface area contributed by atoms with E-state index in [4.69, 9.17) is 16.6 Å². The van der Waals surface area contributed by atoms with E-state index in [1.54, 1.807) is 13.8 Å². The smallest absolute Gasteiger partial charge is 0.326 e. The highest BCUT2D eigenvalue weighted by Crippen LogP contribution is 2.04. The van der Waals surface area contributed by atoms with Crippen molar-refractivity contribution in [2.45, 2.75) is 51.4 Å². The predicted octanol–water partition coefficient (Wildman–Crippen LogP) is -2.67. The van der Waals surface area contributed by atoms with Crippen molar-refractivity contribution >= 4 is 42.2 Å². The van der Waals surface area contributed by atoms with Crippen LogP contribution in [0.5, 0.6) is 0 Å². The van der Waals surface area contributed by atoms with Crippen LogP contribution in [0, 0.1) is 5.92 Å². The average molecular weight is 405 g/mol.